The Morgan fingerprint density at radius 3 is 2.57 bits per heavy atom. The van der Waals surface area contributed by atoms with Crippen LogP contribution in [-0.4, -0.2) is 42.1 Å². The van der Waals surface area contributed by atoms with Crippen molar-refractivity contribution in [1.82, 2.24) is 4.90 Å². The van der Waals surface area contributed by atoms with Crippen molar-refractivity contribution in [2.24, 2.45) is 5.73 Å². The van der Waals surface area contributed by atoms with Crippen molar-refractivity contribution in [1.29, 1.82) is 0 Å². The van der Waals surface area contributed by atoms with Gasteiger partial charge in [0.1, 0.15) is 6.61 Å². The van der Waals surface area contributed by atoms with Gasteiger partial charge in [-0.25, -0.2) is 0 Å². The molecule has 1 fully saturated rings. The molecular weight excluding hydrogens is 180 g/mol. The highest BCUT2D eigenvalue weighted by molar-refractivity contribution is 5.78. The lowest BCUT2D eigenvalue weighted by molar-refractivity contribution is -0.145. The van der Waals surface area contributed by atoms with Crippen LogP contribution in [0.5, 0.6) is 0 Å². The van der Waals surface area contributed by atoms with E-state index in [4.69, 9.17) is 10.5 Å². The molecule has 0 aromatic rings. The lowest BCUT2D eigenvalue weighted by Crippen LogP contribution is -2.68. The van der Waals surface area contributed by atoms with Crippen molar-refractivity contribution in [2.45, 2.75) is 38.8 Å². The van der Waals surface area contributed by atoms with E-state index in [1.807, 2.05) is 20.8 Å². The standard InChI is InChI=1S/C10H20N2O2/c1-4-10(11)6-12(7-10)9(13)5-14-8(2)3/h8H,4-7,11H2,1-3H3. The maximum Gasteiger partial charge on any atom is 0.248 e. The Bertz CT molecular complexity index is 210. The van der Waals surface area contributed by atoms with E-state index < -0.39 is 0 Å². The first-order chi connectivity index (χ1) is 6.47. The van der Waals surface area contributed by atoms with Gasteiger partial charge in [0.25, 0.3) is 0 Å². The Kier molecular flexibility index (Phi) is 3.50. The molecule has 0 spiro atoms. The molecule has 0 unspecified atom stereocenters. The highest BCUT2D eigenvalue weighted by Gasteiger charge is 2.40. The van der Waals surface area contributed by atoms with Crippen molar-refractivity contribution in [2.75, 3.05) is 19.7 Å². The van der Waals surface area contributed by atoms with E-state index in [0.29, 0.717) is 13.1 Å². The van der Waals surface area contributed by atoms with Gasteiger partial charge in [-0.15, -0.1) is 0 Å². The van der Waals surface area contributed by atoms with Crippen LogP contribution >= 0.6 is 0 Å². The van der Waals surface area contributed by atoms with Gasteiger partial charge in [0.15, 0.2) is 0 Å². The molecule has 0 aromatic carbocycles. The van der Waals surface area contributed by atoms with E-state index in [-0.39, 0.29) is 24.2 Å². The van der Waals surface area contributed by atoms with E-state index in [9.17, 15) is 4.79 Å². The van der Waals surface area contributed by atoms with Crippen LogP contribution in [0.3, 0.4) is 0 Å². The molecule has 1 rings (SSSR count). The predicted molar refractivity (Wildman–Crippen MR) is 54.9 cm³/mol. The van der Waals surface area contributed by atoms with E-state index in [1.54, 1.807) is 4.90 Å². The average molecular weight is 200 g/mol. The van der Waals surface area contributed by atoms with Crippen LogP contribution in [0.2, 0.25) is 0 Å². The average Bonchev–Trinajstić information content (AvgIpc) is 2.09. The number of nitrogens with zero attached hydrogens (tertiary/aromatic N) is 1. The van der Waals surface area contributed by atoms with Crippen molar-refractivity contribution in [3.63, 3.8) is 0 Å². The Labute approximate surface area is 85.4 Å². The third-order valence-corrected chi connectivity index (χ3v) is 2.61. The van der Waals surface area contributed by atoms with Crippen LogP contribution < -0.4 is 5.73 Å². The number of amides is 1. The first kappa shape index (κ1) is 11.5. The minimum atomic E-state index is -0.145. The van der Waals surface area contributed by atoms with Gasteiger partial charge in [-0.3, -0.25) is 4.79 Å². The zero-order valence-corrected chi connectivity index (χ0v) is 9.25. The fourth-order valence-electron chi connectivity index (χ4n) is 1.44. The largest absolute Gasteiger partial charge is 0.369 e. The summed E-state index contributed by atoms with van der Waals surface area (Å²) in [6.45, 7) is 7.41. The number of hydrogen-bond acceptors (Lipinski definition) is 3. The quantitative estimate of drug-likeness (QED) is 0.713. The van der Waals surface area contributed by atoms with Crippen LogP contribution in [-0.2, 0) is 9.53 Å². The predicted octanol–water partition coefficient (Wildman–Crippen LogP) is 0.361. The van der Waals surface area contributed by atoms with Gasteiger partial charge in [0.2, 0.25) is 5.91 Å². The van der Waals surface area contributed by atoms with Crippen LogP contribution in [0.1, 0.15) is 27.2 Å². The van der Waals surface area contributed by atoms with Gasteiger partial charge >= 0.3 is 0 Å². The highest BCUT2D eigenvalue weighted by Crippen LogP contribution is 2.21. The number of likely N-dealkylation sites (tertiary alicyclic amines) is 1. The maximum atomic E-state index is 11.5. The normalized spacial score (nSPS) is 19.6. The molecule has 0 radical (unpaired) electrons. The minimum absolute atomic E-state index is 0.0493. The molecule has 4 heteroatoms. The third kappa shape index (κ3) is 2.69. The molecule has 1 saturated heterocycles. The highest BCUT2D eigenvalue weighted by atomic mass is 16.5. The topological polar surface area (TPSA) is 55.6 Å². The molecule has 0 atom stereocenters. The molecular formula is C10H20N2O2. The molecule has 0 aromatic heterocycles. The third-order valence-electron chi connectivity index (χ3n) is 2.61. The van der Waals surface area contributed by atoms with Gasteiger partial charge < -0.3 is 15.4 Å². The molecule has 0 bridgehead atoms. The molecule has 4 nitrogen and oxygen atoms in total. The van der Waals surface area contributed by atoms with Crippen molar-refractivity contribution in [3.05, 3.63) is 0 Å². The van der Waals surface area contributed by atoms with Gasteiger partial charge in [-0.05, 0) is 20.3 Å². The fraction of sp³-hybridized carbons (Fsp3) is 0.900. The Morgan fingerprint density at radius 1 is 1.57 bits per heavy atom. The lowest BCUT2D eigenvalue weighted by atomic mass is 9.88. The van der Waals surface area contributed by atoms with Gasteiger partial charge in [-0.2, -0.15) is 0 Å². The summed E-state index contributed by atoms with van der Waals surface area (Å²) in [5.74, 6) is 0.0493. The minimum Gasteiger partial charge on any atom is -0.369 e. The number of hydrogen-bond donors (Lipinski definition) is 1. The van der Waals surface area contributed by atoms with E-state index in [1.165, 1.54) is 0 Å². The summed E-state index contributed by atoms with van der Waals surface area (Å²) in [5, 5.41) is 0. The van der Waals surface area contributed by atoms with Gasteiger partial charge in [-0.1, -0.05) is 6.92 Å². The molecule has 0 saturated carbocycles. The molecule has 0 aliphatic carbocycles. The van der Waals surface area contributed by atoms with Crippen molar-refractivity contribution >= 4 is 5.91 Å². The fourth-order valence-corrected chi connectivity index (χ4v) is 1.44. The second-order valence-corrected chi connectivity index (χ2v) is 4.33. The number of carbonyl (C=O) groups is 1. The van der Waals surface area contributed by atoms with Crippen molar-refractivity contribution in [3.8, 4) is 0 Å². The van der Waals surface area contributed by atoms with Crippen LogP contribution in [0.25, 0.3) is 0 Å². The van der Waals surface area contributed by atoms with E-state index in [2.05, 4.69) is 0 Å². The zero-order valence-electron chi connectivity index (χ0n) is 9.25. The zero-order chi connectivity index (χ0) is 10.8. The second-order valence-electron chi connectivity index (χ2n) is 4.33. The summed E-state index contributed by atoms with van der Waals surface area (Å²) in [6, 6.07) is 0. The molecule has 2 N–H and O–H groups in total. The Balaban J connectivity index is 2.23. The second kappa shape index (κ2) is 4.28. The monoisotopic (exact) mass is 200 g/mol. The molecule has 1 aliphatic heterocycles. The van der Waals surface area contributed by atoms with Gasteiger partial charge in [0, 0.05) is 13.1 Å². The summed E-state index contributed by atoms with van der Waals surface area (Å²) in [5.41, 5.74) is 5.81. The van der Waals surface area contributed by atoms with E-state index >= 15 is 0 Å². The summed E-state index contributed by atoms with van der Waals surface area (Å²) < 4.78 is 5.23. The first-order valence-electron chi connectivity index (χ1n) is 5.15. The van der Waals surface area contributed by atoms with E-state index in [0.717, 1.165) is 6.42 Å². The number of nitrogens with two attached hydrogens (primary N) is 1. The maximum absolute atomic E-state index is 11.5. The van der Waals surface area contributed by atoms with Crippen LogP contribution in [0.4, 0.5) is 0 Å². The summed E-state index contributed by atoms with van der Waals surface area (Å²) >= 11 is 0. The molecule has 14 heavy (non-hydrogen) atoms. The Hall–Kier alpha value is -0.610. The van der Waals surface area contributed by atoms with Crippen LogP contribution in [0.15, 0.2) is 0 Å². The van der Waals surface area contributed by atoms with Gasteiger partial charge in [0.05, 0.1) is 11.6 Å². The first-order valence-corrected chi connectivity index (χ1v) is 5.15. The molecule has 1 amide bonds. The molecule has 1 heterocycles. The molecule has 82 valence electrons. The molecule has 1 aliphatic rings. The van der Waals surface area contributed by atoms with Crippen LogP contribution in [0, 0.1) is 0 Å². The number of ether oxygens (including phenoxy) is 1. The van der Waals surface area contributed by atoms with Crippen molar-refractivity contribution < 1.29 is 9.53 Å². The summed E-state index contributed by atoms with van der Waals surface area (Å²) in [6.07, 6.45) is 1.02. The number of carbonyl (C=O) groups excluding carboxylic acids is 1. The summed E-state index contributed by atoms with van der Waals surface area (Å²) in [7, 11) is 0. The Morgan fingerprint density at radius 2 is 2.14 bits per heavy atom. The number of rotatable bonds is 4. The smallest absolute Gasteiger partial charge is 0.248 e. The summed E-state index contributed by atoms with van der Waals surface area (Å²) in [4.78, 5) is 13.2. The lowest BCUT2D eigenvalue weighted by Gasteiger charge is -2.47. The SMILES string of the molecule is CCC1(N)CN(C(=O)COC(C)C)C1.